The van der Waals surface area contributed by atoms with E-state index in [1.165, 1.54) is 12.8 Å². The zero-order chi connectivity index (χ0) is 12.4. The smallest absolute Gasteiger partial charge is 0.145 e. The second-order valence-electron chi connectivity index (χ2n) is 6.88. The molecule has 2 nitrogen and oxygen atoms in total. The highest BCUT2D eigenvalue weighted by Gasteiger charge is 2.81. The van der Waals surface area contributed by atoms with Crippen LogP contribution in [0.1, 0.15) is 40.0 Å². The summed E-state index contributed by atoms with van der Waals surface area (Å²) in [5.41, 5.74) is 1.42. The third kappa shape index (κ3) is 1.22. The first-order valence-corrected chi connectivity index (χ1v) is 6.75. The summed E-state index contributed by atoms with van der Waals surface area (Å²) < 4.78 is 0. The number of aliphatic hydroxyl groups is 1. The summed E-state index contributed by atoms with van der Waals surface area (Å²) in [6.45, 7) is 6.53. The van der Waals surface area contributed by atoms with E-state index in [9.17, 15) is 9.90 Å². The maximum Gasteiger partial charge on any atom is 0.145 e. The third-order valence-corrected chi connectivity index (χ3v) is 6.40. The zero-order valence-corrected chi connectivity index (χ0v) is 10.9. The van der Waals surface area contributed by atoms with Crippen LogP contribution in [0.15, 0.2) is 11.6 Å². The Hall–Kier alpha value is -0.630. The lowest BCUT2D eigenvalue weighted by Crippen LogP contribution is -2.31. The minimum atomic E-state index is -0.456. The molecule has 4 atom stereocenters. The predicted molar refractivity (Wildman–Crippen MR) is 66.4 cm³/mol. The highest BCUT2D eigenvalue weighted by atomic mass is 16.3. The van der Waals surface area contributed by atoms with E-state index in [-0.39, 0.29) is 0 Å². The van der Waals surface area contributed by atoms with E-state index in [0.717, 1.165) is 30.5 Å². The molecule has 0 aliphatic heterocycles. The summed E-state index contributed by atoms with van der Waals surface area (Å²) in [7, 11) is 0. The Labute approximate surface area is 103 Å². The van der Waals surface area contributed by atoms with Crippen LogP contribution in [-0.2, 0) is 4.79 Å². The molecule has 0 amide bonds. The van der Waals surface area contributed by atoms with Crippen LogP contribution in [-0.4, -0.2) is 17.5 Å². The van der Waals surface area contributed by atoms with Crippen LogP contribution in [0.25, 0.3) is 0 Å². The van der Waals surface area contributed by atoms with Gasteiger partial charge in [-0.1, -0.05) is 19.9 Å². The van der Waals surface area contributed by atoms with Gasteiger partial charge in [-0.15, -0.1) is 0 Å². The Balaban J connectivity index is 1.76. The monoisotopic (exact) mass is 234 g/mol. The largest absolute Gasteiger partial charge is 0.389 e. The summed E-state index contributed by atoms with van der Waals surface area (Å²) in [6, 6.07) is 0. The van der Waals surface area contributed by atoms with Crippen molar-refractivity contribution in [3.05, 3.63) is 11.6 Å². The van der Waals surface area contributed by atoms with Gasteiger partial charge in [0.2, 0.25) is 0 Å². The van der Waals surface area contributed by atoms with E-state index < -0.39 is 6.10 Å². The predicted octanol–water partition coefficient (Wildman–Crippen LogP) is 2.56. The van der Waals surface area contributed by atoms with E-state index in [4.69, 9.17) is 0 Å². The lowest BCUT2D eigenvalue weighted by atomic mass is 9.70. The fraction of sp³-hybridized carbons (Fsp3) is 0.800. The molecule has 2 unspecified atom stereocenters. The van der Waals surface area contributed by atoms with Crippen molar-refractivity contribution in [3.63, 3.8) is 0 Å². The second-order valence-corrected chi connectivity index (χ2v) is 6.88. The number of carbonyl (C=O) groups excluding carboxylic acids is 1. The fourth-order valence-corrected chi connectivity index (χ4v) is 5.26. The van der Waals surface area contributed by atoms with Gasteiger partial charge in [-0.3, -0.25) is 4.79 Å². The average molecular weight is 234 g/mol. The maximum atomic E-state index is 10.6. The van der Waals surface area contributed by atoms with Gasteiger partial charge in [0, 0.05) is 0 Å². The van der Waals surface area contributed by atoms with Gasteiger partial charge >= 0.3 is 0 Å². The molecule has 17 heavy (non-hydrogen) atoms. The van der Waals surface area contributed by atoms with Crippen LogP contribution in [0.4, 0.5) is 0 Å². The molecule has 0 aromatic heterocycles. The van der Waals surface area contributed by atoms with Crippen molar-refractivity contribution in [1.82, 2.24) is 0 Å². The van der Waals surface area contributed by atoms with Gasteiger partial charge in [0.25, 0.3) is 0 Å². The Bertz CT molecular complexity index is 386. The van der Waals surface area contributed by atoms with Gasteiger partial charge in [-0.2, -0.15) is 0 Å². The molecule has 2 heteroatoms. The van der Waals surface area contributed by atoms with Crippen molar-refractivity contribution in [3.8, 4) is 0 Å². The summed E-state index contributed by atoms with van der Waals surface area (Å²) in [5.74, 6) is 2.67. The molecule has 4 aliphatic carbocycles. The zero-order valence-electron chi connectivity index (χ0n) is 10.9. The Morgan fingerprint density at radius 1 is 1.41 bits per heavy atom. The molecule has 0 saturated heterocycles. The maximum absolute atomic E-state index is 10.6. The number of aliphatic hydroxyl groups excluding tert-OH is 1. The van der Waals surface area contributed by atoms with Crippen molar-refractivity contribution >= 4 is 6.29 Å². The lowest BCUT2D eigenvalue weighted by molar-refractivity contribution is -0.104. The van der Waals surface area contributed by atoms with Gasteiger partial charge in [0.05, 0.1) is 6.10 Å². The van der Waals surface area contributed by atoms with E-state index in [1.807, 2.05) is 0 Å². The molecule has 4 aliphatic rings. The number of aldehydes is 1. The number of rotatable bonds is 4. The molecule has 4 fully saturated rings. The topological polar surface area (TPSA) is 37.3 Å². The highest BCUT2D eigenvalue weighted by molar-refractivity contribution is 5.72. The van der Waals surface area contributed by atoms with Crippen LogP contribution < -0.4 is 0 Å². The minimum Gasteiger partial charge on any atom is -0.389 e. The van der Waals surface area contributed by atoms with E-state index in [1.54, 1.807) is 13.0 Å². The van der Waals surface area contributed by atoms with Gasteiger partial charge in [-0.25, -0.2) is 0 Å². The molecular weight excluding hydrogens is 212 g/mol. The van der Waals surface area contributed by atoms with Crippen molar-refractivity contribution in [2.24, 2.45) is 28.6 Å². The summed E-state index contributed by atoms with van der Waals surface area (Å²) in [5, 5.41) is 10.1. The number of carbonyl (C=O) groups is 1. The Morgan fingerprint density at radius 2 is 2.00 bits per heavy atom. The molecule has 4 saturated carbocycles. The fourth-order valence-electron chi connectivity index (χ4n) is 5.26. The molecule has 94 valence electrons. The first kappa shape index (κ1) is 11.5. The SMILES string of the molecule is C/C(C=O)=C\[C@H](O)C[C@]1(C)C2CC3C(C2)C31C. The van der Waals surface area contributed by atoms with Crippen LogP contribution in [0.3, 0.4) is 0 Å². The number of hydrogen-bond acceptors (Lipinski definition) is 2. The highest BCUT2D eigenvalue weighted by Crippen LogP contribution is 2.86. The van der Waals surface area contributed by atoms with E-state index in [0.29, 0.717) is 16.4 Å². The molecule has 0 aromatic carbocycles. The molecule has 4 rings (SSSR count). The summed E-state index contributed by atoms with van der Waals surface area (Å²) in [4.78, 5) is 10.6. The molecule has 0 aromatic rings. The van der Waals surface area contributed by atoms with E-state index in [2.05, 4.69) is 13.8 Å². The molecule has 0 spiro atoms. The van der Waals surface area contributed by atoms with Gasteiger partial charge < -0.3 is 5.11 Å². The molecular formula is C15H22O2. The second kappa shape index (κ2) is 3.23. The molecule has 4 bridgehead atoms. The first-order chi connectivity index (χ1) is 7.93. The van der Waals surface area contributed by atoms with Crippen LogP contribution >= 0.6 is 0 Å². The van der Waals surface area contributed by atoms with Crippen molar-refractivity contribution < 1.29 is 9.90 Å². The summed E-state index contributed by atoms with van der Waals surface area (Å²) >= 11 is 0. The third-order valence-electron chi connectivity index (χ3n) is 6.40. The lowest BCUT2D eigenvalue weighted by Gasteiger charge is -2.35. The number of allylic oxidation sites excluding steroid dienone is 1. The van der Waals surface area contributed by atoms with Crippen molar-refractivity contribution in [1.29, 1.82) is 0 Å². The van der Waals surface area contributed by atoms with Gasteiger partial charge in [-0.05, 0) is 60.3 Å². The van der Waals surface area contributed by atoms with Crippen LogP contribution in [0.2, 0.25) is 0 Å². The number of hydrogen-bond donors (Lipinski definition) is 1. The van der Waals surface area contributed by atoms with Crippen molar-refractivity contribution in [2.75, 3.05) is 0 Å². The van der Waals surface area contributed by atoms with Crippen molar-refractivity contribution in [2.45, 2.75) is 46.1 Å². The first-order valence-electron chi connectivity index (χ1n) is 6.75. The van der Waals surface area contributed by atoms with Gasteiger partial charge in [0.15, 0.2) is 0 Å². The summed E-state index contributed by atoms with van der Waals surface area (Å²) in [6.07, 6.45) is 5.66. The Kier molecular flexibility index (Phi) is 2.17. The van der Waals surface area contributed by atoms with E-state index >= 15 is 0 Å². The van der Waals surface area contributed by atoms with Crippen LogP contribution in [0, 0.1) is 28.6 Å². The molecule has 0 heterocycles. The minimum absolute atomic E-state index is 0.293. The van der Waals surface area contributed by atoms with Gasteiger partial charge in [0.1, 0.15) is 6.29 Å². The Morgan fingerprint density at radius 3 is 2.41 bits per heavy atom. The average Bonchev–Trinajstić information content (AvgIpc) is 2.63. The standard InChI is InChI=1S/C15H22O2/c1-9(8-16)4-11(17)7-14(2)10-5-12-13(6-10)15(12,14)3/h4,8,10-13,17H,5-7H2,1-3H3/b9-4+/t10?,11-,12?,13?,14+,15?/m0/s1. The normalized spacial score (nSPS) is 52.7. The molecule has 0 radical (unpaired) electrons. The quantitative estimate of drug-likeness (QED) is 0.599. The van der Waals surface area contributed by atoms with Crippen LogP contribution in [0.5, 0.6) is 0 Å². The molecule has 1 N–H and O–H groups in total.